The van der Waals surface area contributed by atoms with E-state index in [-0.39, 0.29) is 23.3 Å². The van der Waals surface area contributed by atoms with E-state index >= 15 is 0 Å². The first-order chi connectivity index (χ1) is 8.38. The van der Waals surface area contributed by atoms with E-state index in [9.17, 15) is 17.6 Å². The molecule has 0 aliphatic carbocycles. The molecule has 0 aliphatic rings. The van der Waals surface area contributed by atoms with Crippen LogP contribution in [0.25, 0.3) is 0 Å². The molecule has 0 aliphatic heterocycles. The molecule has 102 valence electrons. The Morgan fingerprint density at radius 1 is 1.22 bits per heavy atom. The largest absolute Gasteiger partial charge is 0.441 e. The molecular weight excluding hydrogens is 266 g/mol. The van der Waals surface area contributed by atoms with Gasteiger partial charge in [-0.15, -0.1) is 0 Å². The van der Waals surface area contributed by atoms with Gasteiger partial charge >= 0.3 is 5.51 Å². The first-order valence-corrected chi connectivity index (χ1v) is 6.53. The molecule has 0 amide bonds. The van der Waals surface area contributed by atoms with E-state index in [4.69, 9.17) is 0 Å². The van der Waals surface area contributed by atoms with Crippen molar-refractivity contribution < 1.29 is 17.6 Å². The van der Waals surface area contributed by atoms with Gasteiger partial charge < -0.3 is 5.32 Å². The number of hydrogen-bond donors (Lipinski definition) is 1. The number of nitrogens with one attached hydrogen (secondary N) is 1. The maximum atomic E-state index is 12.8. The highest BCUT2D eigenvalue weighted by atomic mass is 32.2. The third kappa shape index (κ3) is 6.26. The molecule has 0 heterocycles. The summed E-state index contributed by atoms with van der Waals surface area (Å²) in [6.45, 7) is 2.72. The van der Waals surface area contributed by atoms with Gasteiger partial charge in [0, 0.05) is 12.3 Å². The van der Waals surface area contributed by atoms with Crippen LogP contribution >= 0.6 is 11.8 Å². The van der Waals surface area contributed by atoms with E-state index < -0.39 is 5.51 Å². The second-order valence-corrected chi connectivity index (χ2v) is 5.02. The quantitative estimate of drug-likeness (QED) is 0.632. The monoisotopic (exact) mass is 281 g/mol. The number of thioether (sulfide) groups is 1. The van der Waals surface area contributed by atoms with Crippen molar-refractivity contribution in [2.75, 3.05) is 18.8 Å². The SMILES string of the molecule is Cc1cc(F)ccc1CCNCCSC(F)(F)F. The van der Waals surface area contributed by atoms with Crippen molar-refractivity contribution in [3.05, 3.63) is 35.1 Å². The van der Waals surface area contributed by atoms with Crippen molar-refractivity contribution in [3.8, 4) is 0 Å². The molecule has 0 aromatic heterocycles. The van der Waals surface area contributed by atoms with Crippen molar-refractivity contribution >= 4 is 11.8 Å². The summed E-state index contributed by atoms with van der Waals surface area (Å²) in [7, 11) is 0. The van der Waals surface area contributed by atoms with Gasteiger partial charge in [0.2, 0.25) is 0 Å². The van der Waals surface area contributed by atoms with Crippen LogP contribution in [0.4, 0.5) is 17.6 Å². The zero-order chi connectivity index (χ0) is 13.6. The lowest BCUT2D eigenvalue weighted by Gasteiger charge is -2.08. The zero-order valence-corrected chi connectivity index (χ0v) is 10.8. The minimum Gasteiger partial charge on any atom is -0.316 e. The summed E-state index contributed by atoms with van der Waals surface area (Å²) in [5.74, 6) is -0.267. The predicted octanol–water partition coefficient (Wildman–Crippen LogP) is 3.52. The van der Waals surface area contributed by atoms with Gasteiger partial charge in [0.25, 0.3) is 0 Å². The number of halogens is 4. The summed E-state index contributed by atoms with van der Waals surface area (Å²) in [5.41, 5.74) is -2.29. The van der Waals surface area contributed by atoms with Gasteiger partial charge in [-0.1, -0.05) is 6.07 Å². The maximum Gasteiger partial charge on any atom is 0.441 e. The van der Waals surface area contributed by atoms with E-state index in [1.807, 2.05) is 6.92 Å². The van der Waals surface area contributed by atoms with Gasteiger partial charge in [0.05, 0.1) is 0 Å². The molecular formula is C12H15F4NS. The molecule has 1 aromatic rings. The van der Waals surface area contributed by atoms with Crippen LogP contribution in [0, 0.1) is 12.7 Å². The molecule has 0 fully saturated rings. The highest BCUT2D eigenvalue weighted by Gasteiger charge is 2.27. The topological polar surface area (TPSA) is 12.0 Å². The summed E-state index contributed by atoms with van der Waals surface area (Å²) < 4.78 is 48.3. The van der Waals surface area contributed by atoms with Crippen LogP contribution in [0.15, 0.2) is 18.2 Å². The third-order valence-corrected chi connectivity index (χ3v) is 3.16. The fourth-order valence-electron chi connectivity index (χ4n) is 1.53. The Bertz CT molecular complexity index is 379. The molecule has 0 bridgehead atoms. The van der Waals surface area contributed by atoms with Crippen LogP contribution < -0.4 is 5.32 Å². The summed E-state index contributed by atoms with van der Waals surface area (Å²) in [6, 6.07) is 4.55. The summed E-state index contributed by atoms with van der Waals surface area (Å²) in [5, 5.41) is 2.93. The molecule has 0 spiro atoms. The molecule has 0 atom stereocenters. The van der Waals surface area contributed by atoms with Crippen LogP contribution in [0.2, 0.25) is 0 Å². The Hall–Kier alpha value is -0.750. The number of rotatable bonds is 6. The molecule has 1 nitrogen and oxygen atoms in total. The second-order valence-electron chi connectivity index (χ2n) is 3.87. The average molecular weight is 281 g/mol. The Kier molecular flexibility index (Phi) is 5.95. The predicted molar refractivity (Wildman–Crippen MR) is 66.2 cm³/mol. The Balaban J connectivity index is 2.18. The Morgan fingerprint density at radius 3 is 2.56 bits per heavy atom. The lowest BCUT2D eigenvalue weighted by Crippen LogP contribution is -2.21. The highest BCUT2D eigenvalue weighted by molar-refractivity contribution is 8.00. The van der Waals surface area contributed by atoms with Crippen molar-refractivity contribution in [2.24, 2.45) is 0 Å². The van der Waals surface area contributed by atoms with Crippen molar-refractivity contribution in [3.63, 3.8) is 0 Å². The Morgan fingerprint density at radius 2 is 1.94 bits per heavy atom. The van der Waals surface area contributed by atoms with E-state index in [0.29, 0.717) is 19.5 Å². The molecule has 1 aromatic carbocycles. The molecule has 0 saturated carbocycles. The van der Waals surface area contributed by atoms with Crippen molar-refractivity contribution in [1.82, 2.24) is 5.32 Å². The lowest BCUT2D eigenvalue weighted by molar-refractivity contribution is -0.0327. The average Bonchev–Trinajstić information content (AvgIpc) is 2.24. The standard InChI is InChI=1S/C12H15F4NS/c1-9-8-11(13)3-2-10(9)4-5-17-6-7-18-12(14,15)16/h2-3,8,17H,4-7H2,1H3. The molecule has 1 rings (SSSR count). The van der Waals surface area contributed by atoms with Crippen LogP contribution in [-0.2, 0) is 6.42 Å². The number of aryl methyl sites for hydroxylation is 1. The van der Waals surface area contributed by atoms with Gasteiger partial charge in [-0.05, 0) is 54.9 Å². The normalized spacial score (nSPS) is 11.8. The fraction of sp³-hybridized carbons (Fsp3) is 0.500. The smallest absolute Gasteiger partial charge is 0.316 e. The van der Waals surface area contributed by atoms with Crippen LogP contribution in [-0.4, -0.2) is 24.4 Å². The Labute approximate surface area is 108 Å². The van der Waals surface area contributed by atoms with Crippen LogP contribution in [0.1, 0.15) is 11.1 Å². The first kappa shape index (κ1) is 15.3. The van der Waals surface area contributed by atoms with Gasteiger partial charge in [-0.25, -0.2) is 4.39 Å². The minimum absolute atomic E-state index is 0.00585. The molecule has 0 unspecified atom stereocenters. The molecule has 0 saturated heterocycles. The van der Waals surface area contributed by atoms with Crippen LogP contribution in [0.5, 0.6) is 0 Å². The van der Waals surface area contributed by atoms with Crippen LogP contribution in [0.3, 0.4) is 0 Å². The molecule has 6 heteroatoms. The van der Waals surface area contributed by atoms with Crippen molar-refractivity contribution in [1.29, 1.82) is 0 Å². The van der Waals surface area contributed by atoms with E-state index in [0.717, 1.165) is 11.1 Å². The van der Waals surface area contributed by atoms with Gasteiger partial charge in [0.15, 0.2) is 0 Å². The van der Waals surface area contributed by atoms with E-state index in [1.54, 1.807) is 6.07 Å². The number of alkyl halides is 3. The first-order valence-electron chi connectivity index (χ1n) is 5.55. The van der Waals surface area contributed by atoms with Gasteiger partial charge in [0.1, 0.15) is 5.82 Å². The van der Waals surface area contributed by atoms with Gasteiger partial charge in [-0.3, -0.25) is 0 Å². The molecule has 18 heavy (non-hydrogen) atoms. The molecule has 0 radical (unpaired) electrons. The third-order valence-electron chi connectivity index (χ3n) is 2.42. The molecule has 1 N–H and O–H groups in total. The van der Waals surface area contributed by atoms with Crippen molar-refractivity contribution in [2.45, 2.75) is 18.9 Å². The maximum absolute atomic E-state index is 12.8. The number of benzene rings is 1. The lowest BCUT2D eigenvalue weighted by atomic mass is 10.1. The summed E-state index contributed by atoms with van der Waals surface area (Å²) in [6.07, 6.45) is 0.683. The summed E-state index contributed by atoms with van der Waals surface area (Å²) >= 11 is -0.0272. The number of hydrogen-bond acceptors (Lipinski definition) is 2. The second kappa shape index (κ2) is 6.99. The minimum atomic E-state index is -4.16. The van der Waals surface area contributed by atoms with E-state index in [1.165, 1.54) is 12.1 Å². The van der Waals surface area contributed by atoms with E-state index in [2.05, 4.69) is 5.32 Å². The zero-order valence-electron chi connectivity index (χ0n) is 9.98. The highest BCUT2D eigenvalue weighted by Crippen LogP contribution is 2.29. The fourth-order valence-corrected chi connectivity index (χ4v) is 2.00. The van der Waals surface area contributed by atoms with Gasteiger partial charge in [-0.2, -0.15) is 13.2 Å². The summed E-state index contributed by atoms with van der Waals surface area (Å²) in [4.78, 5) is 0.